The zero-order valence-electron chi connectivity index (χ0n) is 13.3. The number of piperidine rings is 1. The van der Waals surface area contributed by atoms with Gasteiger partial charge in [-0.25, -0.2) is 4.98 Å². The average molecular weight is 416 g/mol. The number of nitrogens with two attached hydrogens (primary N) is 1. The lowest BCUT2D eigenvalue weighted by Gasteiger charge is -2.38. The number of hydrogen-bond donors (Lipinski definition) is 1. The summed E-state index contributed by atoms with van der Waals surface area (Å²) in [4.78, 5) is 32.3. The molecule has 6 nitrogen and oxygen atoms in total. The number of amides is 2. The van der Waals surface area contributed by atoms with Gasteiger partial charge in [-0.05, 0) is 54.2 Å². The Morgan fingerprint density at radius 2 is 1.96 bits per heavy atom. The summed E-state index contributed by atoms with van der Waals surface area (Å²) in [6.45, 7) is 2.20. The number of pyridine rings is 1. The molecule has 2 N–H and O–H groups in total. The summed E-state index contributed by atoms with van der Waals surface area (Å²) in [5, 5.41) is 0.221. The molecule has 0 bridgehead atoms. The SMILES string of the molecule is NC(=O)C1CCCN1C1CCN(C(=O)c2cc(Br)cnc2Cl)CC1. The highest BCUT2D eigenvalue weighted by atomic mass is 79.9. The zero-order valence-corrected chi connectivity index (χ0v) is 15.6. The summed E-state index contributed by atoms with van der Waals surface area (Å²) in [6, 6.07) is 1.86. The van der Waals surface area contributed by atoms with Crippen LogP contribution in [0.5, 0.6) is 0 Å². The molecule has 0 aromatic carbocycles. The van der Waals surface area contributed by atoms with Crippen LogP contribution in [0.1, 0.15) is 36.0 Å². The standard InChI is InChI=1S/C16H20BrClN4O2/c17-10-8-12(14(18)20-9-10)16(24)21-6-3-11(4-7-21)22-5-1-2-13(22)15(19)23/h8-9,11,13H,1-7H2,(H2,19,23). The van der Waals surface area contributed by atoms with Gasteiger partial charge in [-0.1, -0.05) is 11.6 Å². The minimum Gasteiger partial charge on any atom is -0.368 e. The van der Waals surface area contributed by atoms with E-state index >= 15 is 0 Å². The Labute approximate surface area is 154 Å². The molecule has 8 heteroatoms. The van der Waals surface area contributed by atoms with Gasteiger partial charge in [0.15, 0.2) is 0 Å². The predicted molar refractivity (Wildman–Crippen MR) is 94.8 cm³/mol. The van der Waals surface area contributed by atoms with E-state index in [9.17, 15) is 9.59 Å². The average Bonchev–Trinajstić information content (AvgIpc) is 3.06. The van der Waals surface area contributed by atoms with Crippen molar-refractivity contribution in [2.75, 3.05) is 19.6 Å². The van der Waals surface area contributed by atoms with Crippen LogP contribution < -0.4 is 5.73 Å². The minimum absolute atomic E-state index is 0.0971. The topological polar surface area (TPSA) is 79.5 Å². The van der Waals surface area contributed by atoms with E-state index in [1.807, 2.05) is 0 Å². The van der Waals surface area contributed by atoms with E-state index in [1.165, 1.54) is 0 Å². The zero-order chi connectivity index (χ0) is 17.3. The Morgan fingerprint density at radius 1 is 1.25 bits per heavy atom. The number of carbonyl (C=O) groups is 2. The number of likely N-dealkylation sites (tertiary alicyclic amines) is 2. The lowest BCUT2D eigenvalue weighted by Crippen LogP contribution is -2.51. The first-order valence-electron chi connectivity index (χ1n) is 8.12. The summed E-state index contributed by atoms with van der Waals surface area (Å²) >= 11 is 9.38. The molecule has 2 fully saturated rings. The molecule has 3 heterocycles. The van der Waals surface area contributed by atoms with Crippen molar-refractivity contribution >= 4 is 39.3 Å². The second-order valence-corrected chi connectivity index (χ2v) is 7.59. The van der Waals surface area contributed by atoms with Gasteiger partial charge < -0.3 is 10.6 Å². The summed E-state index contributed by atoms with van der Waals surface area (Å²) in [7, 11) is 0. The quantitative estimate of drug-likeness (QED) is 0.766. The van der Waals surface area contributed by atoms with Gasteiger partial charge in [0.05, 0.1) is 11.6 Å². The third kappa shape index (κ3) is 3.58. The van der Waals surface area contributed by atoms with Gasteiger partial charge in [-0.2, -0.15) is 0 Å². The minimum atomic E-state index is -0.238. The number of carbonyl (C=O) groups excluding carboxylic acids is 2. The van der Waals surface area contributed by atoms with Crippen molar-refractivity contribution in [2.45, 2.75) is 37.8 Å². The Hall–Kier alpha value is -1.18. The Kier molecular flexibility index (Phi) is 5.42. The Balaban J connectivity index is 1.63. The molecule has 24 heavy (non-hydrogen) atoms. The second-order valence-electron chi connectivity index (χ2n) is 6.31. The molecule has 0 radical (unpaired) electrons. The van der Waals surface area contributed by atoms with Crippen molar-refractivity contribution in [1.29, 1.82) is 0 Å². The van der Waals surface area contributed by atoms with E-state index in [-0.39, 0.29) is 23.0 Å². The van der Waals surface area contributed by atoms with Gasteiger partial charge >= 0.3 is 0 Å². The van der Waals surface area contributed by atoms with Gasteiger partial charge in [0.2, 0.25) is 5.91 Å². The highest BCUT2D eigenvalue weighted by Gasteiger charge is 2.36. The van der Waals surface area contributed by atoms with Gasteiger partial charge in [0, 0.05) is 29.8 Å². The lowest BCUT2D eigenvalue weighted by molar-refractivity contribution is -0.123. The van der Waals surface area contributed by atoms with Crippen LogP contribution in [0, 0.1) is 0 Å². The largest absolute Gasteiger partial charge is 0.368 e. The number of aromatic nitrogens is 1. The number of halogens is 2. The molecule has 0 saturated carbocycles. The molecule has 1 aromatic rings. The maximum absolute atomic E-state index is 12.7. The molecule has 1 unspecified atom stereocenters. The second kappa shape index (κ2) is 7.37. The van der Waals surface area contributed by atoms with Crippen molar-refractivity contribution in [3.05, 3.63) is 27.5 Å². The van der Waals surface area contributed by atoms with Crippen LogP contribution in [0.4, 0.5) is 0 Å². The maximum atomic E-state index is 12.7. The first-order chi connectivity index (χ1) is 11.5. The number of hydrogen-bond acceptors (Lipinski definition) is 4. The van der Waals surface area contributed by atoms with E-state index in [2.05, 4.69) is 25.8 Å². The van der Waals surface area contributed by atoms with Crippen molar-refractivity contribution in [3.63, 3.8) is 0 Å². The fraction of sp³-hybridized carbons (Fsp3) is 0.562. The molecule has 2 aliphatic rings. The highest BCUT2D eigenvalue weighted by molar-refractivity contribution is 9.10. The van der Waals surface area contributed by atoms with Gasteiger partial charge in [-0.15, -0.1) is 0 Å². The molecule has 3 rings (SSSR count). The Bertz CT molecular complexity index is 649. The normalized spacial score (nSPS) is 22.8. The van der Waals surface area contributed by atoms with E-state index in [4.69, 9.17) is 17.3 Å². The summed E-state index contributed by atoms with van der Waals surface area (Å²) in [5.74, 6) is -0.335. The van der Waals surface area contributed by atoms with Crippen molar-refractivity contribution in [1.82, 2.24) is 14.8 Å². The van der Waals surface area contributed by atoms with E-state index < -0.39 is 0 Å². The molecular weight excluding hydrogens is 396 g/mol. The lowest BCUT2D eigenvalue weighted by atomic mass is 10.0. The van der Waals surface area contributed by atoms with Gasteiger partial charge in [-0.3, -0.25) is 14.5 Å². The fourth-order valence-corrected chi connectivity index (χ4v) is 4.19. The molecule has 1 atom stereocenters. The third-order valence-corrected chi connectivity index (χ3v) is 5.61. The highest BCUT2D eigenvalue weighted by Crippen LogP contribution is 2.27. The van der Waals surface area contributed by atoms with Crippen molar-refractivity contribution in [3.8, 4) is 0 Å². The number of primary amides is 1. The summed E-state index contributed by atoms with van der Waals surface area (Å²) in [6.07, 6.45) is 5.10. The van der Waals surface area contributed by atoms with Crippen molar-refractivity contribution < 1.29 is 9.59 Å². The summed E-state index contributed by atoms with van der Waals surface area (Å²) in [5.41, 5.74) is 5.92. The summed E-state index contributed by atoms with van der Waals surface area (Å²) < 4.78 is 0.728. The fourth-order valence-electron chi connectivity index (χ4n) is 3.68. The molecular formula is C16H20BrClN4O2. The molecule has 130 valence electrons. The monoisotopic (exact) mass is 414 g/mol. The van der Waals surface area contributed by atoms with E-state index in [0.717, 1.165) is 36.7 Å². The van der Waals surface area contributed by atoms with Crippen molar-refractivity contribution in [2.24, 2.45) is 5.73 Å². The number of nitrogens with zero attached hydrogens (tertiary/aromatic N) is 3. The number of rotatable bonds is 3. The van der Waals surface area contributed by atoms with E-state index in [0.29, 0.717) is 24.7 Å². The van der Waals surface area contributed by atoms with Crippen LogP contribution in [0.2, 0.25) is 5.15 Å². The van der Waals surface area contributed by atoms with Crippen LogP contribution in [-0.4, -0.2) is 58.3 Å². The maximum Gasteiger partial charge on any atom is 0.257 e. The predicted octanol–water partition coefficient (Wildman–Crippen LogP) is 2.05. The molecule has 2 saturated heterocycles. The molecule has 2 aliphatic heterocycles. The van der Waals surface area contributed by atoms with E-state index in [1.54, 1.807) is 17.2 Å². The van der Waals surface area contributed by atoms with Crippen LogP contribution in [0.15, 0.2) is 16.7 Å². The van der Waals surface area contributed by atoms with Gasteiger partial charge in [0.25, 0.3) is 5.91 Å². The Morgan fingerprint density at radius 3 is 2.62 bits per heavy atom. The van der Waals surface area contributed by atoms with Gasteiger partial charge in [0.1, 0.15) is 5.15 Å². The smallest absolute Gasteiger partial charge is 0.257 e. The molecule has 1 aromatic heterocycles. The first-order valence-corrected chi connectivity index (χ1v) is 9.30. The first kappa shape index (κ1) is 17.6. The molecule has 0 aliphatic carbocycles. The van der Waals surface area contributed by atoms with Crippen LogP contribution >= 0.6 is 27.5 Å². The molecule has 0 spiro atoms. The van der Waals surface area contributed by atoms with Crippen LogP contribution in [-0.2, 0) is 4.79 Å². The van der Waals surface area contributed by atoms with Crippen LogP contribution in [0.3, 0.4) is 0 Å². The van der Waals surface area contributed by atoms with Crippen LogP contribution in [0.25, 0.3) is 0 Å². The molecule has 2 amide bonds. The third-order valence-electron chi connectivity index (χ3n) is 4.88.